The summed E-state index contributed by atoms with van der Waals surface area (Å²) in [6.45, 7) is 3.15. The van der Waals surface area contributed by atoms with Crippen LogP contribution in [0, 0.1) is 11.7 Å². The predicted molar refractivity (Wildman–Crippen MR) is 128 cm³/mol. The summed E-state index contributed by atoms with van der Waals surface area (Å²) in [4.78, 5) is 12.4. The van der Waals surface area contributed by atoms with Crippen LogP contribution >= 0.6 is 15.9 Å². The molecule has 178 valence electrons. The lowest BCUT2D eigenvalue weighted by Crippen LogP contribution is -2.39. The zero-order chi connectivity index (χ0) is 23.7. The van der Waals surface area contributed by atoms with E-state index < -0.39 is 16.6 Å². The van der Waals surface area contributed by atoms with E-state index in [2.05, 4.69) is 26.0 Å². The smallest absolute Gasteiger partial charge is 0.239 e. The fraction of sp³-hybridized carbons (Fsp3) is 0.522. The van der Waals surface area contributed by atoms with Gasteiger partial charge in [-0.3, -0.25) is 4.79 Å². The first-order valence-corrected chi connectivity index (χ1v) is 13.4. The average molecular weight is 531 g/mol. The fourth-order valence-corrected chi connectivity index (χ4v) is 5.11. The molecule has 1 aromatic rings. The van der Waals surface area contributed by atoms with Gasteiger partial charge in [-0.15, -0.1) is 0 Å². The van der Waals surface area contributed by atoms with Crippen molar-refractivity contribution in [2.24, 2.45) is 5.92 Å². The molecule has 0 heterocycles. The molecule has 1 fully saturated rings. The third-order valence-corrected chi connectivity index (χ3v) is 8.14. The quantitative estimate of drug-likeness (QED) is 0.313. The number of amides is 1. The number of nitrogens with one attached hydrogen (secondary N) is 2. The zero-order valence-electron chi connectivity index (χ0n) is 18.5. The third-order valence-electron chi connectivity index (χ3n) is 5.66. The van der Waals surface area contributed by atoms with E-state index >= 15 is 0 Å². The van der Waals surface area contributed by atoms with Crippen molar-refractivity contribution >= 4 is 31.9 Å². The van der Waals surface area contributed by atoms with Crippen molar-refractivity contribution in [1.82, 2.24) is 10.0 Å². The molecule has 1 unspecified atom stereocenters. The van der Waals surface area contributed by atoms with Crippen molar-refractivity contribution in [3.05, 3.63) is 58.3 Å². The summed E-state index contributed by atoms with van der Waals surface area (Å²) in [6.07, 6.45) is 6.24. The maximum Gasteiger partial charge on any atom is 0.239 e. The molecule has 1 saturated carbocycles. The number of benzene rings is 1. The molecule has 0 aliphatic heterocycles. The van der Waals surface area contributed by atoms with Crippen molar-refractivity contribution < 1.29 is 22.7 Å². The highest BCUT2D eigenvalue weighted by atomic mass is 79.9. The maximum atomic E-state index is 13.1. The van der Waals surface area contributed by atoms with Crippen molar-refractivity contribution in [1.29, 1.82) is 0 Å². The summed E-state index contributed by atoms with van der Waals surface area (Å²) in [6, 6.07) is 5.63. The van der Waals surface area contributed by atoms with Gasteiger partial charge in [0.15, 0.2) is 0 Å². The first-order valence-electron chi connectivity index (χ1n) is 10.7. The molecule has 0 bridgehead atoms. The van der Waals surface area contributed by atoms with E-state index in [0.717, 1.165) is 24.0 Å². The molecule has 2 rings (SSSR count). The number of alkyl halides is 1. The Morgan fingerprint density at radius 2 is 1.84 bits per heavy atom. The maximum absolute atomic E-state index is 13.1. The number of rotatable bonds is 10. The molecule has 3 N–H and O–H groups in total. The molecule has 32 heavy (non-hydrogen) atoms. The lowest BCUT2D eigenvalue weighted by molar-refractivity contribution is -0.122. The van der Waals surface area contributed by atoms with E-state index in [1.54, 1.807) is 18.2 Å². The summed E-state index contributed by atoms with van der Waals surface area (Å²) in [7, 11) is -3.77. The molecule has 0 aromatic heterocycles. The zero-order valence-corrected chi connectivity index (χ0v) is 20.9. The van der Waals surface area contributed by atoms with Crippen LogP contribution in [0.2, 0.25) is 0 Å². The standard InChI is InChI=1S/C23H32BrFN2O4S/c1-16(14-24)3-12-22(15-28)32(30,31)27-21-10-4-18(5-11-21)13-23(29)26-17(2)19-6-8-20(25)9-7-19/h3,6-9,12,17-18,21,27-28H,4-5,10-11,13-15H2,1-2H3,(H,26,29). The van der Waals surface area contributed by atoms with Gasteiger partial charge >= 0.3 is 0 Å². The Balaban J connectivity index is 1.83. The molecular formula is C23H32BrFN2O4S. The minimum absolute atomic E-state index is 0.0610. The normalized spacial score (nSPS) is 21.3. The third kappa shape index (κ3) is 8.42. The number of sulfonamides is 1. The summed E-state index contributed by atoms with van der Waals surface area (Å²) in [5.74, 6) is -0.189. The Morgan fingerprint density at radius 1 is 1.22 bits per heavy atom. The second-order valence-electron chi connectivity index (χ2n) is 8.32. The second kappa shape index (κ2) is 12.6. The fourth-order valence-electron chi connectivity index (χ4n) is 3.68. The van der Waals surface area contributed by atoms with Gasteiger partial charge in [0.05, 0.1) is 17.6 Å². The number of aliphatic hydroxyl groups is 1. The minimum Gasteiger partial charge on any atom is -0.391 e. The van der Waals surface area contributed by atoms with E-state index in [4.69, 9.17) is 0 Å². The van der Waals surface area contributed by atoms with E-state index in [1.165, 1.54) is 18.2 Å². The van der Waals surface area contributed by atoms with Gasteiger partial charge in [0.25, 0.3) is 0 Å². The molecule has 9 heteroatoms. The van der Waals surface area contributed by atoms with Crippen molar-refractivity contribution in [3.8, 4) is 0 Å². The van der Waals surface area contributed by atoms with Gasteiger partial charge < -0.3 is 10.4 Å². The lowest BCUT2D eigenvalue weighted by Gasteiger charge is -2.29. The van der Waals surface area contributed by atoms with Gasteiger partial charge in [0.2, 0.25) is 15.9 Å². The molecule has 0 saturated heterocycles. The van der Waals surface area contributed by atoms with Crippen LogP contribution in [-0.4, -0.2) is 37.4 Å². The molecule has 1 amide bonds. The number of hydrogen-bond donors (Lipinski definition) is 3. The van der Waals surface area contributed by atoms with Crippen LogP contribution < -0.4 is 10.0 Å². The topological polar surface area (TPSA) is 95.5 Å². The molecular weight excluding hydrogens is 499 g/mol. The van der Waals surface area contributed by atoms with E-state index in [1.807, 2.05) is 13.8 Å². The van der Waals surface area contributed by atoms with Crippen LogP contribution in [0.25, 0.3) is 0 Å². The largest absolute Gasteiger partial charge is 0.391 e. The number of allylic oxidation sites excluding steroid dienone is 3. The Labute approximate surface area is 198 Å². The van der Waals surface area contributed by atoms with Gasteiger partial charge in [0.1, 0.15) is 5.82 Å². The Morgan fingerprint density at radius 3 is 2.41 bits per heavy atom. The van der Waals surface area contributed by atoms with Crippen LogP contribution in [0.5, 0.6) is 0 Å². The summed E-state index contributed by atoms with van der Waals surface area (Å²) in [5, 5.41) is 13.1. The number of halogens is 2. The van der Waals surface area contributed by atoms with Crippen LogP contribution in [0.15, 0.2) is 46.9 Å². The van der Waals surface area contributed by atoms with Crippen LogP contribution in [0.1, 0.15) is 57.6 Å². The van der Waals surface area contributed by atoms with E-state index in [0.29, 0.717) is 24.6 Å². The highest BCUT2D eigenvalue weighted by Crippen LogP contribution is 2.28. The number of carbonyl (C=O) groups excluding carboxylic acids is 1. The second-order valence-corrected chi connectivity index (χ2v) is 10.6. The average Bonchev–Trinajstić information content (AvgIpc) is 2.75. The van der Waals surface area contributed by atoms with Gasteiger partial charge in [-0.1, -0.05) is 39.7 Å². The van der Waals surface area contributed by atoms with Gasteiger partial charge in [0, 0.05) is 17.8 Å². The van der Waals surface area contributed by atoms with Gasteiger partial charge in [-0.2, -0.15) is 0 Å². The Hall–Kier alpha value is -1.55. The SMILES string of the molecule is CC(=CC=C(CO)S(=O)(=O)NC1CCC(CC(=O)NC(C)c2ccc(F)cc2)CC1)CBr. The predicted octanol–water partition coefficient (Wildman–Crippen LogP) is 4.09. The summed E-state index contributed by atoms with van der Waals surface area (Å²) >= 11 is 3.30. The molecule has 0 radical (unpaired) electrons. The molecule has 1 aliphatic rings. The van der Waals surface area contributed by atoms with Crippen LogP contribution in [0.3, 0.4) is 0 Å². The summed E-state index contributed by atoms with van der Waals surface area (Å²) in [5.41, 5.74) is 1.78. The first kappa shape index (κ1) is 26.7. The van der Waals surface area contributed by atoms with E-state index in [-0.39, 0.29) is 34.6 Å². The molecule has 1 aliphatic carbocycles. The Bertz CT molecular complexity index is 924. The van der Waals surface area contributed by atoms with Crippen molar-refractivity contribution in [2.75, 3.05) is 11.9 Å². The van der Waals surface area contributed by atoms with E-state index in [9.17, 15) is 22.7 Å². The lowest BCUT2D eigenvalue weighted by atomic mass is 9.84. The minimum atomic E-state index is -3.77. The van der Waals surface area contributed by atoms with Gasteiger partial charge in [-0.25, -0.2) is 17.5 Å². The van der Waals surface area contributed by atoms with Crippen molar-refractivity contribution in [3.63, 3.8) is 0 Å². The Kier molecular flexibility index (Phi) is 10.5. The highest BCUT2D eigenvalue weighted by molar-refractivity contribution is 9.09. The molecule has 6 nitrogen and oxygen atoms in total. The number of carbonyl (C=O) groups is 1. The van der Waals surface area contributed by atoms with Crippen LogP contribution in [0.4, 0.5) is 4.39 Å². The number of hydrogen-bond acceptors (Lipinski definition) is 4. The monoisotopic (exact) mass is 530 g/mol. The molecule has 1 aromatic carbocycles. The number of aliphatic hydroxyl groups excluding tert-OH is 1. The first-order chi connectivity index (χ1) is 15.1. The van der Waals surface area contributed by atoms with Gasteiger partial charge in [-0.05, 0) is 69.2 Å². The molecule has 0 spiro atoms. The van der Waals surface area contributed by atoms with Crippen molar-refractivity contribution in [2.45, 2.75) is 58.0 Å². The molecule has 1 atom stereocenters. The summed E-state index contributed by atoms with van der Waals surface area (Å²) < 4.78 is 40.9. The van der Waals surface area contributed by atoms with Crippen LogP contribution in [-0.2, 0) is 14.8 Å². The highest BCUT2D eigenvalue weighted by Gasteiger charge is 2.27.